The van der Waals surface area contributed by atoms with Crippen molar-refractivity contribution < 1.29 is 9.59 Å². The molecule has 2 amide bonds. The summed E-state index contributed by atoms with van der Waals surface area (Å²) in [6, 6.07) is 13.9. The van der Waals surface area contributed by atoms with Crippen LogP contribution in [0.1, 0.15) is 18.3 Å². The summed E-state index contributed by atoms with van der Waals surface area (Å²) in [5.74, 6) is 0.333. The van der Waals surface area contributed by atoms with Gasteiger partial charge >= 0.3 is 0 Å². The van der Waals surface area contributed by atoms with E-state index in [1.807, 2.05) is 22.8 Å². The Kier molecular flexibility index (Phi) is 6.72. The Balaban J connectivity index is 1.71. The first-order valence-corrected chi connectivity index (χ1v) is 10.2. The van der Waals surface area contributed by atoms with E-state index in [0.717, 1.165) is 5.69 Å². The molecule has 0 atom stereocenters. The van der Waals surface area contributed by atoms with E-state index in [-0.39, 0.29) is 22.6 Å². The number of amides is 2. The molecule has 0 radical (unpaired) electrons. The van der Waals surface area contributed by atoms with E-state index in [1.165, 1.54) is 24.8 Å². The SMILES string of the molecule is CC(=O)Nc1cccc(-n2c(C)nnc2SCC(=O)Nc2ccc(C#N)c(Cl)c2)c1. The lowest BCUT2D eigenvalue weighted by molar-refractivity contribution is -0.114. The average Bonchev–Trinajstić information content (AvgIpc) is 3.07. The van der Waals surface area contributed by atoms with Crippen molar-refractivity contribution in [3.63, 3.8) is 0 Å². The van der Waals surface area contributed by atoms with Gasteiger partial charge in [0, 0.05) is 18.3 Å². The minimum atomic E-state index is -0.250. The van der Waals surface area contributed by atoms with Crippen molar-refractivity contribution in [2.45, 2.75) is 19.0 Å². The third kappa shape index (κ3) is 5.17. The molecule has 152 valence electrons. The quantitative estimate of drug-likeness (QED) is 0.564. The molecule has 0 aliphatic rings. The lowest BCUT2D eigenvalue weighted by Gasteiger charge is -2.11. The third-order valence-corrected chi connectivity index (χ3v) is 5.17. The van der Waals surface area contributed by atoms with Gasteiger partial charge in [-0.15, -0.1) is 10.2 Å². The summed E-state index contributed by atoms with van der Waals surface area (Å²) >= 11 is 7.22. The van der Waals surface area contributed by atoms with Crippen LogP contribution in [0.3, 0.4) is 0 Å². The number of anilines is 2. The number of nitrogens with one attached hydrogen (secondary N) is 2. The Morgan fingerprint density at radius 1 is 1.17 bits per heavy atom. The fraction of sp³-hybridized carbons (Fsp3) is 0.150. The van der Waals surface area contributed by atoms with E-state index in [9.17, 15) is 9.59 Å². The number of nitriles is 1. The largest absolute Gasteiger partial charge is 0.326 e. The number of benzene rings is 2. The van der Waals surface area contributed by atoms with Crippen molar-refractivity contribution >= 4 is 46.6 Å². The summed E-state index contributed by atoms with van der Waals surface area (Å²) in [7, 11) is 0. The maximum Gasteiger partial charge on any atom is 0.234 e. The summed E-state index contributed by atoms with van der Waals surface area (Å²) in [6.07, 6.45) is 0. The van der Waals surface area contributed by atoms with Gasteiger partial charge in [0.15, 0.2) is 5.16 Å². The molecule has 8 nitrogen and oxygen atoms in total. The number of thioether (sulfide) groups is 1. The predicted molar refractivity (Wildman–Crippen MR) is 116 cm³/mol. The summed E-state index contributed by atoms with van der Waals surface area (Å²) in [6.45, 7) is 3.25. The molecule has 0 bridgehead atoms. The molecule has 10 heteroatoms. The van der Waals surface area contributed by atoms with Crippen molar-refractivity contribution in [3.05, 3.63) is 58.9 Å². The number of nitrogens with zero attached hydrogens (tertiary/aromatic N) is 4. The summed E-state index contributed by atoms with van der Waals surface area (Å²) in [5, 5.41) is 23.5. The van der Waals surface area contributed by atoms with Crippen LogP contribution in [0.25, 0.3) is 5.69 Å². The topological polar surface area (TPSA) is 113 Å². The molecule has 0 saturated heterocycles. The lowest BCUT2D eigenvalue weighted by atomic mass is 10.2. The summed E-state index contributed by atoms with van der Waals surface area (Å²) in [5.41, 5.74) is 2.27. The highest BCUT2D eigenvalue weighted by Crippen LogP contribution is 2.25. The summed E-state index contributed by atoms with van der Waals surface area (Å²) in [4.78, 5) is 23.7. The van der Waals surface area contributed by atoms with Crippen LogP contribution in [-0.2, 0) is 9.59 Å². The number of carbonyl (C=O) groups excluding carboxylic acids is 2. The number of carbonyl (C=O) groups is 2. The first kappa shape index (κ1) is 21.4. The molecule has 0 spiro atoms. The van der Waals surface area contributed by atoms with Crippen LogP contribution in [-0.4, -0.2) is 32.3 Å². The Hall–Kier alpha value is -3.35. The van der Waals surface area contributed by atoms with Crippen molar-refractivity contribution in [2.24, 2.45) is 0 Å². The Morgan fingerprint density at radius 2 is 1.93 bits per heavy atom. The van der Waals surface area contributed by atoms with Crippen LogP contribution in [0.5, 0.6) is 0 Å². The van der Waals surface area contributed by atoms with Gasteiger partial charge in [0.2, 0.25) is 11.8 Å². The summed E-state index contributed by atoms with van der Waals surface area (Å²) < 4.78 is 1.81. The number of halogens is 1. The van der Waals surface area contributed by atoms with Crippen molar-refractivity contribution in [1.82, 2.24) is 14.8 Å². The monoisotopic (exact) mass is 440 g/mol. The second kappa shape index (κ2) is 9.43. The smallest absolute Gasteiger partial charge is 0.234 e. The molecule has 30 heavy (non-hydrogen) atoms. The van der Waals surface area contributed by atoms with Gasteiger partial charge < -0.3 is 10.6 Å². The fourth-order valence-corrected chi connectivity index (χ4v) is 3.69. The minimum absolute atomic E-state index is 0.0984. The highest BCUT2D eigenvalue weighted by molar-refractivity contribution is 7.99. The standard InChI is InChI=1S/C20H17ClN6O2S/c1-12-25-26-20(27(12)17-5-3-4-15(8-17)23-13(2)28)30-11-19(29)24-16-7-6-14(10-22)18(21)9-16/h3-9H,11H2,1-2H3,(H,23,28)(H,24,29). The molecular formula is C20H17ClN6O2S. The number of hydrogen-bond acceptors (Lipinski definition) is 6. The van der Waals surface area contributed by atoms with Crippen LogP contribution in [0.15, 0.2) is 47.6 Å². The molecule has 3 aromatic rings. The van der Waals surface area contributed by atoms with E-state index in [1.54, 1.807) is 31.2 Å². The van der Waals surface area contributed by atoms with Gasteiger partial charge in [-0.05, 0) is 43.3 Å². The zero-order chi connectivity index (χ0) is 21.7. The van der Waals surface area contributed by atoms with Crippen LogP contribution in [0.2, 0.25) is 5.02 Å². The van der Waals surface area contributed by atoms with Gasteiger partial charge in [0.1, 0.15) is 11.9 Å². The molecule has 2 aromatic carbocycles. The van der Waals surface area contributed by atoms with Crippen molar-refractivity contribution in [3.8, 4) is 11.8 Å². The molecule has 1 aromatic heterocycles. The third-order valence-electron chi connectivity index (χ3n) is 3.93. The normalized spacial score (nSPS) is 10.3. The average molecular weight is 441 g/mol. The zero-order valence-corrected chi connectivity index (χ0v) is 17.7. The van der Waals surface area contributed by atoms with E-state index in [2.05, 4.69) is 20.8 Å². The molecule has 0 aliphatic heterocycles. The molecule has 0 saturated carbocycles. The minimum Gasteiger partial charge on any atom is -0.326 e. The predicted octanol–water partition coefficient (Wildman–Crippen LogP) is 3.79. The van der Waals surface area contributed by atoms with Crippen LogP contribution in [0, 0.1) is 18.3 Å². The molecule has 0 fully saturated rings. The molecule has 0 aliphatic carbocycles. The molecule has 2 N–H and O–H groups in total. The highest BCUT2D eigenvalue weighted by atomic mass is 35.5. The molecule has 3 rings (SSSR count). The molecule has 0 unspecified atom stereocenters. The first-order chi connectivity index (χ1) is 14.4. The van der Waals surface area contributed by atoms with Crippen LogP contribution in [0.4, 0.5) is 11.4 Å². The van der Waals surface area contributed by atoms with Gasteiger partial charge in [-0.25, -0.2) is 0 Å². The van der Waals surface area contributed by atoms with E-state index in [4.69, 9.17) is 16.9 Å². The Morgan fingerprint density at radius 3 is 2.63 bits per heavy atom. The van der Waals surface area contributed by atoms with Gasteiger partial charge in [-0.3, -0.25) is 14.2 Å². The molecule has 1 heterocycles. The van der Waals surface area contributed by atoms with Crippen molar-refractivity contribution in [2.75, 3.05) is 16.4 Å². The zero-order valence-electron chi connectivity index (χ0n) is 16.1. The highest BCUT2D eigenvalue weighted by Gasteiger charge is 2.14. The van der Waals surface area contributed by atoms with Gasteiger partial charge in [0.05, 0.1) is 22.0 Å². The van der Waals surface area contributed by atoms with Crippen molar-refractivity contribution in [1.29, 1.82) is 5.26 Å². The Bertz CT molecular complexity index is 1150. The van der Waals surface area contributed by atoms with Gasteiger partial charge in [0.25, 0.3) is 0 Å². The van der Waals surface area contributed by atoms with E-state index >= 15 is 0 Å². The second-order valence-corrected chi connectivity index (χ2v) is 7.59. The number of aryl methyl sites for hydroxylation is 1. The first-order valence-electron chi connectivity index (χ1n) is 8.79. The number of rotatable bonds is 6. The van der Waals surface area contributed by atoms with Crippen LogP contribution >= 0.6 is 23.4 Å². The van der Waals surface area contributed by atoms with E-state index in [0.29, 0.717) is 27.9 Å². The van der Waals surface area contributed by atoms with Gasteiger partial charge in [-0.1, -0.05) is 29.4 Å². The number of aromatic nitrogens is 3. The lowest BCUT2D eigenvalue weighted by Crippen LogP contribution is -2.14. The Labute approximate surface area is 182 Å². The molecular weight excluding hydrogens is 424 g/mol. The fourth-order valence-electron chi connectivity index (χ4n) is 2.67. The van der Waals surface area contributed by atoms with Crippen LogP contribution < -0.4 is 10.6 Å². The maximum absolute atomic E-state index is 12.3. The number of hydrogen-bond donors (Lipinski definition) is 2. The second-order valence-electron chi connectivity index (χ2n) is 6.24. The van der Waals surface area contributed by atoms with E-state index < -0.39 is 0 Å². The van der Waals surface area contributed by atoms with Gasteiger partial charge in [-0.2, -0.15) is 5.26 Å². The maximum atomic E-state index is 12.3.